The second-order valence-electron chi connectivity index (χ2n) is 4.78. The normalized spacial score (nSPS) is 13.7. The Morgan fingerprint density at radius 3 is 2.76 bits per heavy atom. The van der Waals surface area contributed by atoms with Gasteiger partial charge in [-0.1, -0.05) is 0 Å². The number of ether oxygens (including phenoxy) is 2. The molecule has 0 saturated carbocycles. The average Bonchev–Trinajstić information content (AvgIpc) is 2.75. The van der Waals surface area contributed by atoms with Gasteiger partial charge >= 0.3 is 0 Å². The molecule has 5 nitrogen and oxygen atoms in total. The van der Waals surface area contributed by atoms with Crippen LogP contribution in [-0.2, 0) is 9.47 Å². The zero-order valence-electron chi connectivity index (χ0n) is 11.4. The maximum Gasteiger partial charge on any atom is 0.203 e. The number of methoxy groups -OCH3 is 2. The van der Waals surface area contributed by atoms with Gasteiger partial charge in [0, 0.05) is 33.2 Å². The predicted molar refractivity (Wildman–Crippen MR) is 68.4 cm³/mol. The molecule has 0 amide bonds. The van der Waals surface area contributed by atoms with Crippen LogP contribution in [0.15, 0.2) is 12.4 Å². The first-order valence-corrected chi connectivity index (χ1v) is 5.81. The molecule has 98 valence electrons. The van der Waals surface area contributed by atoms with Crippen molar-refractivity contribution >= 4 is 5.95 Å². The molecular formula is C12H23N3O2. The van der Waals surface area contributed by atoms with Gasteiger partial charge in [-0.2, -0.15) is 0 Å². The summed E-state index contributed by atoms with van der Waals surface area (Å²) in [5, 5.41) is 3.30. The smallest absolute Gasteiger partial charge is 0.203 e. The Hall–Kier alpha value is -1.07. The molecule has 0 spiro atoms. The number of nitrogens with one attached hydrogen (secondary N) is 1. The number of hydrogen-bond acceptors (Lipinski definition) is 4. The van der Waals surface area contributed by atoms with Gasteiger partial charge in [0.25, 0.3) is 0 Å². The molecule has 1 atom stereocenters. The van der Waals surface area contributed by atoms with E-state index in [1.54, 1.807) is 20.4 Å². The third-order valence-corrected chi connectivity index (χ3v) is 2.78. The lowest BCUT2D eigenvalue weighted by Crippen LogP contribution is -2.33. The second-order valence-corrected chi connectivity index (χ2v) is 4.78. The van der Waals surface area contributed by atoms with Crippen LogP contribution in [-0.4, -0.2) is 42.5 Å². The highest BCUT2D eigenvalue weighted by molar-refractivity contribution is 5.27. The van der Waals surface area contributed by atoms with Crippen molar-refractivity contribution in [2.24, 2.45) is 0 Å². The van der Waals surface area contributed by atoms with Gasteiger partial charge in [0.05, 0.1) is 18.2 Å². The zero-order valence-corrected chi connectivity index (χ0v) is 11.4. The quantitative estimate of drug-likeness (QED) is 0.792. The molecule has 5 heteroatoms. The summed E-state index contributed by atoms with van der Waals surface area (Å²) in [5.74, 6) is 0.847. The third kappa shape index (κ3) is 4.02. The van der Waals surface area contributed by atoms with E-state index in [2.05, 4.69) is 21.8 Å². The van der Waals surface area contributed by atoms with E-state index in [4.69, 9.17) is 9.47 Å². The highest BCUT2D eigenvalue weighted by atomic mass is 16.5. The van der Waals surface area contributed by atoms with Gasteiger partial charge in [-0.25, -0.2) is 4.98 Å². The predicted octanol–water partition coefficient (Wildman–Crippen LogP) is 1.93. The molecule has 0 aliphatic heterocycles. The second kappa shape index (κ2) is 6.02. The van der Waals surface area contributed by atoms with Crippen LogP contribution in [0.4, 0.5) is 5.95 Å². The monoisotopic (exact) mass is 241 g/mol. The van der Waals surface area contributed by atoms with Gasteiger partial charge in [-0.15, -0.1) is 0 Å². The lowest BCUT2D eigenvalue weighted by molar-refractivity contribution is 0.0341. The van der Waals surface area contributed by atoms with Crippen LogP contribution in [0.1, 0.15) is 26.8 Å². The molecule has 1 rings (SSSR count). The molecule has 1 aromatic rings. The minimum Gasteiger partial charge on any atom is -0.383 e. The van der Waals surface area contributed by atoms with E-state index in [0.29, 0.717) is 13.2 Å². The van der Waals surface area contributed by atoms with Crippen LogP contribution < -0.4 is 5.32 Å². The summed E-state index contributed by atoms with van der Waals surface area (Å²) < 4.78 is 12.6. The molecule has 0 aromatic carbocycles. The lowest BCUT2D eigenvalue weighted by atomic mass is 10.1. The summed E-state index contributed by atoms with van der Waals surface area (Å²) in [7, 11) is 3.41. The van der Waals surface area contributed by atoms with Crippen LogP contribution in [0, 0.1) is 0 Å². The first-order valence-electron chi connectivity index (χ1n) is 5.81. The maximum absolute atomic E-state index is 5.36. The molecule has 0 bridgehead atoms. The van der Waals surface area contributed by atoms with Gasteiger partial charge in [-0.05, 0) is 20.8 Å². The highest BCUT2D eigenvalue weighted by Crippen LogP contribution is 2.15. The van der Waals surface area contributed by atoms with E-state index in [0.717, 1.165) is 5.95 Å². The van der Waals surface area contributed by atoms with Crippen molar-refractivity contribution in [2.45, 2.75) is 32.4 Å². The standard InChI is InChI=1S/C12H23N3O2/c1-10(8-16-4)15-7-6-13-11(15)14-9-12(2,3)17-5/h6-7,10H,8-9H2,1-5H3,(H,13,14). The Morgan fingerprint density at radius 1 is 1.47 bits per heavy atom. The summed E-state index contributed by atoms with van der Waals surface area (Å²) in [5.41, 5.74) is -0.207. The van der Waals surface area contributed by atoms with Crippen molar-refractivity contribution in [2.75, 3.05) is 32.7 Å². The number of anilines is 1. The zero-order chi connectivity index (χ0) is 12.9. The van der Waals surface area contributed by atoms with E-state index < -0.39 is 0 Å². The minimum absolute atomic E-state index is 0.207. The topological polar surface area (TPSA) is 48.3 Å². The Bertz CT molecular complexity index is 336. The summed E-state index contributed by atoms with van der Waals surface area (Å²) in [6.45, 7) is 7.54. The summed E-state index contributed by atoms with van der Waals surface area (Å²) >= 11 is 0. The van der Waals surface area contributed by atoms with E-state index in [1.807, 2.05) is 20.0 Å². The molecule has 0 aliphatic rings. The Morgan fingerprint density at radius 2 is 2.18 bits per heavy atom. The molecule has 1 N–H and O–H groups in total. The fourth-order valence-electron chi connectivity index (χ4n) is 1.49. The van der Waals surface area contributed by atoms with E-state index in [-0.39, 0.29) is 11.6 Å². The summed E-state index contributed by atoms with van der Waals surface area (Å²) in [6, 6.07) is 0.260. The first kappa shape index (κ1) is 14.0. The first-order chi connectivity index (χ1) is 8.00. The molecule has 17 heavy (non-hydrogen) atoms. The fraction of sp³-hybridized carbons (Fsp3) is 0.750. The fourth-order valence-corrected chi connectivity index (χ4v) is 1.49. The number of rotatable bonds is 7. The largest absolute Gasteiger partial charge is 0.383 e. The van der Waals surface area contributed by atoms with Crippen molar-refractivity contribution in [3.8, 4) is 0 Å². The van der Waals surface area contributed by atoms with Gasteiger partial charge < -0.3 is 19.4 Å². The average molecular weight is 241 g/mol. The Labute approximate surface area is 103 Å². The van der Waals surface area contributed by atoms with Crippen molar-refractivity contribution < 1.29 is 9.47 Å². The molecule has 1 heterocycles. The van der Waals surface area contributed by atoms with Crippen molar-refractivity contribution in [1.29, 1.82) is 0 Å². The minimum atomic E-state index is -0.207. The van der Waals surface area contributed by atoms with Gasteiger partial charge in [0.2, 0.25) is 5.95 Å². The molecule has 0 saturated heterocycles. The maximum atomic E-state index is 5.36. The van der Waals surface area contributed by atoms with Crippen LogP contribution in [0.3, 0.4) is 0 Å². The van der Waals surface area contributed by atoms with Gasteiger partial charge in [0.15, 0.2) is 0 Å². The lowest BCUT2D eigenvalue weighted by Gasteiger charge is -2.24. The van der Waals surface area contributed by atoms with Crippen LogP contribution in [0.5, 0.6) is 0 Å². The number of imidazole rings is 1. The van der Waals surface area contributed by atoms with E-state index in [9.17, 15) is 0 Å². The van der Waals surface area contributed by atoms with Crippen molar-refractivity contribution in [3.63, 3.8) is 0 Å². The Balaban J connectivity index is 2.63. The van der Waals surface area contributed by atoms with Crippen LogP contribution in [0.2, 0.25) is 0 Å². The van der Waals surface area contributed by atoms with E-state index >= 15 is 0 Å². The van der Waals surface area contributed by atoms with Crippen molar-refractivity contribution in [1.82, 2.24) is 9.55 Å². The SMILES string of the molecule is COCC(C)n1ccnc1NCC(C)(C)OC. The summed E-state index contributed by atoms with van der Waals surface area (Å²) in [4.78, 5) is 4.30. The third-order valence-electron chi connectivity index (χ3n) is 2.78. The van der Waals surface area contributed by atoms with E-state index in [1.165, 1.54) is 0 Å². The van der Waals surface area contributed by atoms with Crippen LogP contribution >= 0.6 is 0 Å². The Kier molecular flexibility index (Phi) is 4.96. The van der Waals surface area contributed by atoms with Gasteiger partial charge in [-0.3, -0.25) is 0 Å². The molecular weight excluding hydrogens is 218 g/mol. The molecule has 0 fully saturated rings. The van der Waals surface area contributed by atoms with Gasteiger partial charge in [0.1, 0.15) is 0 Å². The number of hydrogen-bond donors (Lipinski definition) is 1. The molecule has 1 unspecified atom stereocenters. The summed E-state index contributed by atoms with van der Waals surface area (Å²) in [6.07, 6.45) is 3.74. The van der Waals surface area contributed by atoms with Crippen molar-refractivity contribution in [3.05, 3.63) is 12.4 Å². The molecule has 0 radical (unpaired) electrons. The molecule has 0 aliphatic carbocycles. The highest BCUT2D eigenvalue weighted by Gasteiger charge is 2.17. The number of aromatic nitrogens is 2. The van der Waals surface area contributed by atoms with Crippen LogP contribution in [0.25, 0.3) is 0 Å². The molecule has 1 aromatic heterocycles. The number of nitrogens with zero attached hydrogens (tertiary/aromatic N) is 2.